The summed E-state index contributed by atoms with van der Waals surface area (Å²) in [7, 11) is -3.16. The van der Waals surface area contributed by atoms with Crippen LogP contribution in [-0.4, -0.2) is 80.9 Å². The topological polar surface area (TPSA) is 154 Å². The highest BCUT2D eigenvalue weighted by Crippen LogP contribution is 2.48. The minimum Gasteiger partial charge on any atom is -0.493 e. The van der Waals surface area contributed by atoms with E-state index in [0.717, 1.165) is 204 Å². The molecule has 660 valence electrons. The smallest absolute Gasteiger partial charge is 0.493 e. The van der Waals surface area contributed by atoms with Crippen LogP contribution in [0.4, 0.5) is 22.7 Å². The molecule has 8 bridgehead atoms. The van der Waals surface area contributed by atoms with E-state index in [4.69, 9.17) is 42.2 Å². The Kier molecular flexibility index (Phi) is 39.8. The zero-order valence-electron chi connectivity index (χ0n) is 76.4. The van der Waals surface area contributed by atoms with Gasteiger partial charge in [-0.3, -0.25) is 4.79 Å². The van der Waals surface area contributed by atoms with E-state index in [1.807, 2.05) is 69.3 Å². The van der Waals surface area contributed by atoms with E-state index in [1.165, 1.54) is 127 Å². The number of anilines is 4. The highest BCUT2D eigenvalue weighted by atomic mass is 28.4. The summed E-state index contributed by atoms with van der Waals surface area (Å²) in [6, 6.07) is 54.9. The number of amides is 1. The van der Waals surface area contributed by atoms with Crippen molar-refractivity contribution in [2.75, 3.05) is 56.5 Å². The quantitative estimate of drug-likeness (QED) is 0.0190. The van der Waals surface area contributed by atoms with Crippen molar-refractivity contribution in [3.05, 3.63) is 208 Å². The second-order valence-corrected chi connectivity index (χ2v) is 35.8. The summed E-state index contributed by atoms with van der Waals surface area (Å²) < 4.78 is 47.2. The lowest BCUT2D eigenvalue weighted by Gasteiger charge is -2.28. The Hall–Kier alpha value is -9.95. The van der Waals surface area contributed by atoms with Gasteiger partial charge in [-0.25, -0.2) is 9.97 Å². The molecule has 14 nitrogen and oxygen atoms in total. The predicted octanol–water partition coefficient (Wildman–Crippen LogP) is 29.6. The maximum Gasteiger partial charge on any atom is 0.537 e. The number of H-pyrrole nitrogens is 2. The van der Waals surface area contributed by atoms with E-state index in [9.17, 15) is 4.79 Å². The number of aryl methyl sites for hydroxylation is 2. The third kappa shape index (κ3) is 27.3. The summed E-state index contributed by atoms with van der Waals surface area (Å²) in [5, 5.41) is 3.94. The molecule has 2 aliphatic heterocycles. The van der Waals surface area contributed by atoms with Gasteiger partial charge in [0.1, 0.15) is 23.0 Å². The average Bonchev–Trinajstić information content (AvgIpc) is 1.58. The minimum absolute atomic E-state index is 0.257. The summed E-state index contributed by atoms with van der Waals surface area (Å²) >= 11 is 0. The number of benzene rings is 6. The van der Waals surface area contributed by atoms with Gasteiger partial charge in [-0.15, -0.1) is 0 Å². The molecular weight excluding hydrogens is 1550 g/mol. The van der Waals surface area contributed by atoms with E-state index >= 15 is 0 Å². The van der Waals surface area contributed by atoms with Gasteiger partial charge in [0, 0.05) is 75.4 Å². The van der Waals surface area contributed by atoms with Crippen LogP contribution in [0.25, 0.3) is 68.6 Å². The third-order valence-corrected chi connectivity index (χ3v) is 26.5. The maximum atomic E-state index is 14.2. The van der Waals surface area contributed by atoms with E-state index in [2.05, 4.69) is 207 Å². The number of nitrogens with one attached hydrogen (secondary N) is 3. The summed E-state index contributed by atoms with van der Waals surface area (Å²) in [5.74, 6) is 9.94. The van der Waals surface area contributed by atoms with Crippen LogP contribution < -0.4 is 34.4 Å². The molecule has 11 rings (SSSR count). The summed E-state index contributed by atoms with van der Waals surface area (Å²) in [6.45, 7) is 23.0. The normalized spacial score (nSPS) is 11.8. The summed E-state index contributed by atoms with van der Waals surface area (Å²) in [5.41, 5.74) is 17.4. The fourth-order valence-corrected chi connectivity index (χ4v) is 19.1. The molecule has 1 amide bonds. The molecule has 0 unspecified atom stereocenters. The second kappa shape index (κ2) is 52.1. The van der Waals surface area contributed by atoms with Crippen LogP contribution in [0.15, 0.2) is 158 Å². The fourth-order valence-electron chi connectivity index (χ4n) is 16.6. The average molecular weight is 1690 g/mol. The fraction of sp³-hybridized carbons (Fsp3) is 0.459. The van der Waals surface area contributed by atoms with Crippen LogP contribution in [-0.2, 0) is 26.1 Å². The van der Waals surface area contributed by atoms with E-state index in [-0.39, 0.29) is 5.91 Å². The maximum absolute atomic E-state index is 14.2. The van der Waals surface area contributed by atoms with Crippen LogP contribution in [0.5, 0.6) is 23.0 Å². The van der Waals surface area contributed by atoms with Crippen LogP contribution in [0.3, 0.4) is 0 Å². The van der Waals surface area contributed by atoms with E-state index < -0.39 is 8.80 Å². The number of carbonyl (C=O) groups excluding carboxylic acids is 1. The third-order valence-electron chi connectivity index (χ3n) is 23.5. The van der Waals surface area contributed by atoms with Gasteiger partial charge in [0.25, 0.3) is 5.91 Å². The monoisotopic (exact) mass is 1690 g/mol. The molecule has 0 atom stereocenters. The first-order chi connectivity index (χ1) is 61.1. The van der Waals surface area contributed by atoms with Gasteiger partial charge in [-0.05, 0) is 217 Å². The van der Waals surface area contributed by atoms with E-state index in [0.29, 0.717) is 80.0 Å². The number of fused-ring (bicyclic) bond motifs is 8. The van der Waals surface area contributed by atoms with Crippen molar-refractivity contribution in [1.82, 2.24) is 19.9 Å². The lowest BCUT2D eigenvalue weighted by Crippen LogP contribution is -2.56. The molecule has 0 aliphatic carbocycles. The second-order valence-electron chi connectivity index (χ2n) is 33.2. The molecule has 0 saturated carbocycles. The molecule has 3 N–H and O–H groups in total. The number of hydrogen-bond donors (Lipinski definition) is 3. The molecule has 0 radical (unpaired) electrons. The summed E-state index contributed by atoms with van der Waals surface area (Å²) in [6.07, 6.45) is 47.4. The van der Waals surface area contributed by atoms with Gasteiger partial charge in [0.05, 0.1) is 82.6 Å². The van der Waals surface area contributed by atoms with Crippen LogP contribution in [0.2, 0.25) is 0 Å². The SMILES string of the molecule is CCCCCCCCOc1cccc(OCCCCCCCC)c1-c1c2nc(c(N(c3ccc(CCCCCC)cc3)c3ccc(CCCCCC)cc3)c3ccc([nH]3)c(-c3c(OCCCCCCCC)cccc3OCCCCCCCC)c3nc(c(C#Cc4ccc(C(=O)Nc5ccc([Si](OCC)(OCC)OCC)cc5)cc4)c4ccc1[nH]4)C=C3)C=C2. The first-order valence-corrected chi connectivity index (χ1v) is 49.7. The van der Waals surface area contributed by atoms with E-state index in [1.54, 1.807) is 0 Å². The minimum atomic E-state index is -3.16. The zero-order chi connectivity index (χ0) is 86.8. The lowest BCUT2D eigenvalue weighted by molar-refractivity contribution is 0.0859. The Morgan fingerprint density at radius 2 is 0.718 bits per heavy atom. The Morgan fingerprint density at radius 1 is 0.355 bits per heavy atom. The number of ether oxygens (including phenoxy) is 4. The number of aromatic amines is 2. The number of unbranched alkanes of at least 4 members (excludes halogenated alkanes) is 26. The number of nitrogens with zero attached hydrogens (tertiary/aromatic N) is 3. The highest BCUT2D eigenvalue weighted by Gasteiger charge is 2.43. The van der Waals surface area contributed by atoms with Crippen molar-refractivity contribution < 1.29 is 37.0 Å². The molecule has 6 aromatic carbocycles. The van der Waals surface area contributed by atoms with Crippen LogP contribution in [0, 0.1) is 11.8 Å². The molecule has 2 aliphatic rings. The number of rotatable bonds is 56. The van der Waals surface area contributed by atoms with Gasteiger partial charge in [0.15, 0.2) is 0 Å². The van der Waals surface area contributed by atoms with Crippen molar-refractivity contribution in [3.63, 3.8) is 0 Å². The Labute approximate surface area is 744 Å². The molecule has 15 heteroatoms. The van der Waals surface area contributed by atoms with Crippen molar-refractivity contribution in [3.8, 4) is 57.1 Å². The number of hydrogen-bond acceptors (Lipinski definition) is 11. The molecule has 0 fully saturated rings. The number of aromatic nitrogens is 4. The largest absolute Gasteiger partial charge is 0.537 e. The first kappa shape index (κ1) is 94.7. The van der Waals surface area contributed by atoms with Crippen molar-refractivity contribution in [2.45, 2.75) is 281 Å². The number of carbonyl (C=O) groups is 1. The molecule has 5 heterocycles. The highest BCUT2D eigenvalue weighted by molar-refractivity contribution is 6.75. The Morgan fingerprint density at radius 3 is 1.14 bits per heavy atom. The molecule has 124 heavy (non-hydrogen) atoms. The standard InChI is InChI=1S/C109H142N6O8Si/c1-10-19-25-31-35-41-79-117-100-49-45-50-101(118-80-42-36-32-26-20-11-2)106(100)104-94-73-71-92(111-94)91(70-59-85-53-60-86(61-54-85)109(116)110-87-62-68-90(69-63-87)124(121-16-7,122-17-8)123-18-9)93-72-74-95(112-93)105(107-102(119-81-43-37-33-27-21-12-3)51-46-52-103(107)120-82-44-38-34-28-22-13-4)97-76-78-99(114-97)108(98-77-75-96(104)113-98)115(88-64-55-83(56-65-88)47-39-29-23-14-5)89-66-57-84(58-67-89)48-40-30-24-15-6/h45-46,49-58,60-69,71-78,111,114H,10-44,47-48,79-82H2,1-9H3,(H,110,116). The molecular formula is C109H142N6O8Si. The Balaban J connectivity index is 1.18. The van der Waals surface area contributed by atoms with Crippen molar-refractivity contribution in [1.29, 1.82) is 0 Å². The van der Waals surface area contributed by atoms with Gasteiger partial charge in [0.2, 0.25) is 0 Å². The van der Waals surface area contributed by atoms with Gasteiger partial charge in [-0.2, -0.15) is 0 Å². The molecule has 3 aromatic heterocycles. The van der Waals surface area contributed by atoms with Crippen LogP contribution in [0.1, 0.15) is 323 Å². The first-order valence-electron chi connectivity index (χ1n) is 48.0. The van der Waals surface area contributed by atoms with Crippen molar-refractivity contribution in [2.24, 2.45) is 0 Å². The zero-order valence-corrected chi connectivity index (χ0v) is 77.4. The summed E-state index contributed by atoms with van der Waals surface area (Å²) in [4.78, 5) is 36.7. The Bertz CT molecular complexity index is 4810. The lowest BCUT2D eigenvalue weighted by atomic mass is 10.0. The molecule has 0 spiro atoms. The van der Waals surface area contributed by atoms with Gasteiger partial charge in [-0.1, -0.05) is 269 Å². The molecule has 0 saturated heterocycles. The van der Waals surface area contributed by atoms with Crippen molar-refractivity contribution >= 4 is 89.0 Å². The predicted molar refractivity (Wildman–Crippen MR) is 523 cm³/mol. The van der Waals surface area contributed by atoms with Gasteiger partial charge < -0.3 is 52.4 Å². The van der Waals surface area contributed by atoms with Crippen LogP contribution >= 0.6 is 0 Å². The van der Waals surface area contributed by atoms with Gasteiger partial charge >= 0.3 is 8.80 Å². The molecule has 9 aromatic rings.